The summed E-state index contributed by atoms with van der Waals surface area (Å²) in [5, 5.41) is 2.88. The molecular weight excluding hydrogens is 229 g/mol. The fraction of sp³-hybridized carbons (Fsp3) is 0.417. The molecule has 0 unspecified atom stereocenters. The highest BCUT2D eigenvalue weighted by atomic mass is 35.5. The van der Waals surface area contributed by atoms with Gasteiger partial charge in [-0.1, -0.05) is 24.1 Å². The molecule has 0 aromatic heterocycles. The summed E-state index contributed by atoms with van der Waals surface area (Å²) in [6.07, 6.45) is 3.51. The molecule has 1 aromatic carbocycles. The number of nitrogens with one attached hydrogen (secondary N) is 1. The van der Waals surface area contributed by atoms with Crippen LogP contribution in [0.15, 0.2) is 18.2 Å². The Morgan fingerprint density at radius 1 is 1.50 bits per heavy atom. The largest absolute Gasteiger partial charge is 0.352 e. The standard InChI is InChI=1S/C12H13ClFNO/c13-9-5-2-6-10(14)11(9)12(16)15-7-8-3-1-4-8/h2,5-6,8H,1,3-4,7H2,(H,15,16). The quantitative estimate of drug-likeness (QED) is 0.866. The zero-order chi connectivity index (χ0) is 11.5. The molecule has 86 valence electrons. The Hall–Kier alpha value is -1.09. The minimum absolute atomic E-state index is 0.0523. The van der Waals surface area contributed by atoms with Gasteiger partial charge in [-0.2, -0.15) is 0 Å². The van der Waals surface area contributed by atoms with Crippen molar-refractivity contribution in [3.05, 3.63) is 34.6 Å². The van der Waals surface area contributed by atoms with E-state index in [9.17, 15) is 9.18 Å². The van der Waals surface area contributed by atoms with E-state index >= 15 is 0 Å². The van der Waals surface area contributed by atoms with Gasteiger partial charge in [0.25, 0.3) is 5.91 Å². The van der Waals surface area contributed by atoms with Crippen LogP contribution in [0.1, 0.15) is 29.6 Å². The molecule has 1 aromatic rings. The Bertz CT molecular complexity index is 384. The molecule has 0 bridgehead atoms. The third kappa shape index (κ3) is 2.35. The lowest BCUT2D eigenvalue weighted by atomic mass is 9.85. The van der Waals surface area contributed by atoms with Gasteiger partial charge >= 0.3 is 0 Å². The van der Waals surface area contributed by atoms with Crippen molar-refractivity contribution < 1.29 is 9.18 Å². The molecule has 16 heavy (non-hydrogen) atoms. The van der Waals surface area contributed by atoms with Gasteiger partial charge in [-0.05, 0) is 30.9 Å². The van der Waals surface area contributed by atoms with Crippen molar-refractivity contribution >= 4 is 17.5 Å². The Balaban J connectivity index is 2.02. The van der Waals surface area contributed by atoms with Gasteiger partial charge < -0.3 is 5.32 Å². The summed E-state index contributed by atoms with van der Waals surface area (Å²) in [6, 6.07) is 4.24. The van der Waals surface area contributed by atoms with Crippen LogP contribution in [0.25, 0.3) is 0 Å². The fourth-order valence-corrected chi connectivity index (χ4v) is 1.99. The van der Waals surface area contributed by atoms with E-state index in [1.165, 1.54) is 24.6 Å². The second-order valence-corrected chi connectivity index (χ2v) is 4.51. The molecule has 1 aliphatic carbocycles. The van der Waals surface area contributed by atoms with Crippen molar-refractivity contribution in [2.75, 3.05) is 6.54 Å². The second kappa shape index (κ2) is 4.83. The van der Waals surface area contributed by atoms with Crippen LogP contribution in [0.2, 0.25) is 5.02 Å². The molecule has 0 heterocycles. The van der Waals surface area contributed by atoms with Crippen molar-refractivity contribution in [1.82, 2.24) is 5.32 Å². The molecule has 0 atom stereocenters. The van der Waals surface area contributed by atoms with Crippen molar-refractivity contribution in [3.63, 3.8) is 0 Å². The number of hydrogen-bond acceptors (Lipinski definition) is 1. The van der Waals surface area contributed by atoms with E-state index in [1.54, 1.807) is 0 Å². The molecule has 0 saturated heterocycles. The van der Waals surface area contributed by atoms with Gasteiger partial charge in [0.05, 0.1) is 10.6 Å². The van der Waals surface area contributed by atoms with Gasteiger partial charge in [0.2, 0.25) is 0 Å². The third-order valence-corrected chi connectivity index (χ3v) is 3.28. The van der Waals surface area contributed by atoms with Crippen LogP contribution < -0.4 is 5.32 Å². The highest BCUT2D eigenvalue weighted by Gasteiger charge is 2.20. The number of carbonyl (C=O) groups is 1. The Labute approximate surface area is 98.8 Å². The maximum atomic E-state index is 13.4. The maximum Gasteiger partial charge on any atom is 0.255 e. The zero-order valence-electron chi connectivity index (χ0n) is 8.80. The van der Waals surface area contributed by atoms with Crippen LogP contribution in [0, 0.1) is 11.7 Å². The van der Waals surface area contributed by atoms with Crippen molar-refractivity contribution in [3.8, 4) is 0 Å². The summed E-state index contributed by atoms with van der Waals surface area (Å²) in [4.78, 5) is 11.7. The third-order valence-electron chi connectivity index (χ3n) is 2.97. The van der Waals surface area contributed by atoms with Gasteiger partial charge in [-0.25, -0.2) is 4.39 Å². The smallest absolute Gasteiger partial charge is 0.255 e. The normalized spacial score (nSPS) is 15.6. The lowest BCUT2D eigenvalue weighted by Crippen LogP contribution is -2.32. The minimum Gasteiger partial charge on any atom is -0.352 e. The highest BCUT2D eigenvalue weighted by Crippen LogP contribution is 2.25. The molecule has 1 saturated carbocycles. The van der Waals surface area contributed by atoms with Crippen molar-refractivity contribution in [2.24, 2.45) is 5.92 Å². The van der Waals surface area contributed by atoms with E-state index in [0.29, 0.717) is 12.5 Å². The average molecular weight is 242 g/mol. The van der Waals surface area contributed by atoms with Gasteiger partial charge in [-0.15, -0.1) is 0 Å². The topological polar surface area (TPSA) is 29.1 Å². The SMILES string of the molecule is O=C(NCC1CCC1)c1c(F)cccc1Cl. The first-order valence-corrected chi connectivity index (χ1v) is 5.78. The van der Waals surface area contributed by atoms with Gasteiger partial charge in [0, 0.05) is 6.54 Å². The van der Waals surface area contributed by atoms with E-state index in [-0.39, 0.29) is 10.6 Å². The van der Waals surface area contributed by atoms with Crippen LogP contribution in [0.4, 0.5) is 4.39 Å². The summed E-state index contributed by atoms with van der Waals surface area (Å²) < 4.78 is 13.4. The number of benzene rings is 1. The summed E-state index contributed by atoms with van der Waals surface area (Å²) in [6.45, 7) is 0.615. The van der Waals surface area contributed by atoms with E-state index in [4.69, 9.17) is 11.6 Å². The van der Waals surface area contributed by atoms with E-state index in [2.05, 4.69) is 5.32 Å². The molecule has 2 rings (SSSR count). The predicted octanol–water partition coefficient (Wildman–Crippen LogP) is 3.01. The summed E-state index contributed by atoms with van der Waals surface area (Å²) in [5.74, 6) is -0.442. The van der Waals surface area contributed by atoms with Gasteiger partial charge in [0.1, 0.15) is 5.82 Å². The molecule has 0 spiro atoms. The number of carbonyl (C=O) groups excluding carboxylic acids is 1. The molecule has 0 aliphatic heterocycles. The molecule has 1 amide bonds. The highest BCUT2D eigenvalue weighted by molar-refractivity contribution is 6.33. The predicted molar refractivity (Wildman–Crippen MR) is 61.1 cm³/mol. The Morgan fingerprint density at radius 2 is 2.25 bits per heavy atom. The number of halogens is 2. The molecule has 2 nitrogen and oxygen atoms in total. The van der Waals surface area contributed by atoms with E-state index in [1.807, 2.05) is 0 Å². The van der Waals surface area contributed by atoms with E-state index < -0.39 is 11.7 Å². The summed E-state index contributed by atoms with van der Waals surface area (Å²) in [7, 11) is 0. The van der Waals surface area contributed by atoms with Crippen LogP contribution in [0.5, 0.6) is 0 Å². The first-order chi connectivity index (χ1) is 7.68. The Kier molecular flexibility index (Phi) is 3.44. The number of rotatable bonds is 3. The molecule has 1 aliphatic rings. The van der Waals surface area contributed by atoms with E-state index in [0.717, 1.165) is 12.8 Å². The van der Waals surface area contributed by atoms with Gasteiger partial charge in [-0.3, -0.25) is 4.79 Å². The van der Waals surface area contributed by atoms with Crippen LogP contribution >= 0.6 is 11.6 Å². The van der Waals surface area contributed by atoms with Crippen LogP contribution in [0.3, 0.4) is 0 Å². The van der Waals surface area contributed by atoms with Crippen molar-refractivity contribution in [2.45, 2.75) is 19.3 Å². The molecule has 1 fully saturated rings. The molecule has 0 radical (unpaired) electrons. The fourth-order valence-electron chi connectivity index (χ4n) is 1.74. The average Bonchev–Trinajstić information content (AvgIpc) is 2.15. The van der Waals surface area contributed by atoms with Crippen molar-refractivity contribution in [1.29, 1.82) is 0 Å². The number of amides is 1. The monoisotopic (exact) mass is 241 g/mol. The molecular formula is C12H13ClFNO. The lowest BCUT2D eigenvalue weighted by Gasteiger charge is -2.25. The lowest BCUT2D eigenvalue weighted by molar-refractivity contribution is 0.0935. The van der Waals surface area contributed by atoms with Crippen LogP contribution in [-0.4, -0.2) is 12.5 Å². The summed E-state index contributed by atoms with van der Waals surface area (Å²) >= 11 is 5.79. The zero-order valence-corrected chi connectivity index (χ0v) is 9.56. The summed E-state index contributed by atoms with van der Waals surface area (Å²) in [5.41, 5.74) is -0.0523. The molecule has 1 N–H and O–H groups in total. The first kappa shape index (κ1) is 11.4. The number of hydrogen-bond donors (Lipinski definition) is 1. The Morgan fingerprint density at radius 3 is 2.81 bits per heavy atom. The minimum atomic E-state index is -0.571. The van der Waals surface area contributed by atoms with Crippen LogP contribution in [-0.2, 0) is 0 Å². The first-order valence-electron chi connectivity index (χ1n) is 5.40. The second-order valence-electron chi connectivity index (χ2n) is 4.10. The maximum absolute atomic E-state index is 13.4. The van der Waals surface area contributed by atoms with Gasteiger partial charge in [0.15, 0.2) is 0 Å². The molecule has 4 heteroatoms.